The van der Waals surface area contributed by atoms with Crippen molar-refractivity contribution in [3.63, 3.8) is 0 Å². The van der Waals surface area contributed by atoms with Crippen LogP contribution in [0.2, 0.25) is 0 Å². The number of unbranched alkanes of at least 4 members (excludes halogenated alkanes) is 1. The van der Waals surface area contributed by atoms with Gasteiger partial charge in [-0.1, -0.05) is 6.42 Å². The van der Waals surface area contributed by atoms with Gasteiger partial charge in [0.15, 0.2) is 5.79 Å². The highest BCUT2D eigenvalue weighted by atomic mass is 16.7. The Morgan fingerprint density at radius 3 is 2.21 bits per heavy atom. The zero-order valence-corrected chi connectivity index (χ0v) is 19.4. The average Bonchev–Trinajstić information content (AvgIpc) is 2.79. The molecule has 1 aliphatic heterocycles. The lowest BCUT2D eigenvalue weighted by Gasteiger charge is -2.45. The molecular formula is C20H38N4O10. The van der Waals surface area contributed by atoms with Crippen LogP contribution in [-0.2, 0) is 19.1 Å². The van der Waals surface area contributed by atoms with Crippen LogP contribution in [0.1, 0.15) is 39.5 Å². The summed E-state index contributed by atoms with van der Waals surface area (Å²) in [6, 6.07) is -2.90. The minimum Gasteiger partial charge on any atom is -0.480 e. The summed E-state index contributed by atoms with van der Waals surface area (Å²) in [4.78, 5) is 34.8. The molecule has 8 atom stereocenters. The van der Waals surface area contributed by atoms with Gasteiger partial charge in [-0.25, -0.2) is 0 Å². The van der Waals surface area contributed by atoms with Gasteiger partial charge in [-0.15, -0.1) is 0 Å². The maximum Gasteiger partial charge on any atom is 0.325 e. The number of nitrogens with one attached hydrogen (secondary N) is 3. The second kappa shape index (κ2) is 13.8. The van der Waals surface area contributed by atoms with Gasteiger partial charge < -0.3 is 57.1 Å². The Balaban J connectivity index is 2.27. The van der Waals surface area contributed by atoms with E-state index in [9.17, 15) is 39.9 Å². The molecule has 0 aliphatic carbocycles. The summed E-state index contributed by atoms with van der Waals surface area (Å²) < 4.78 is 5.17. The highest BCUT2D eigenvalue weighted by molar-refractivity contribution is 5.91. The molecule has 14 nitrogen and oxygen atoms in total. The number of aliphatic hydroxyl groups is 5. The Bertz CT molecular complexity index is 682. The van der Waals surface area contributed by atoms with Crippen LogP contribution in [0.4, 0.5) is 0 Å². The Labute approximate surface area is 197 Å². The van der Waals surface area contributed by atoms with E-state index in [2.05, 4.69) is 16.0 Å². The monoisotopic (exact) mass is 494 g/mol. The molecule has 1 heterocycles. The first kappa shape index (κ1) is 30.1. The van der Waals surface area contributed by atoms with Crippen molar-refractivity contribution in [2.45, 2.75) is 87.9 Å². The molecule has 1 saturated heterocycles. The number of carbonyl (C=O) groups excluding carboxylic acids is 2. The number of ether oxygens (including phenoxy) is 1. The van der Waals surface area contributed by atoms with Crippen LogP contribution in [0, 0.1) is 0 Å². The molecule has 34 heavy (non-hydrogen) atoms. The van der Waals surface area contributed by atoms with E-state index in [0.717, 1.165) is 0 Å². The van der Waals surface area contributed by atoms with Crippen LogP contribution in [0.3, 0.4) is 0 Å². The summed E-state index contributed by atoms with van der Waals surface area (Å²) >= 11 is 0. The van der Waals surface area contributed by atoms with Crippen LogP contribution < -0.4 is 21.7 Å². The van der Waals surface area contributed by atoms with Gasteiger partial charge in [0, 0.05) is 13.0 Å². The van der Waals surface area contributed by atoms with Crippen LogP contribution in [0.25, 0.3) is 0 Å². The molecule has 0 aromatic carbocycles. The first-order chi connectivity index (χ1) is 15.8. The largest absolute Gasteiger partial charge is 0.480 e. The summed E-state index contributed by atoms with van der Waals surface area (Å²) in [6.45, 7) is 2.77. The van der Waals surface area contributed by atoms with Crippen LogP contribution in [0.15, 0.2) is 0 Å². The molecule has 1 fully saturated rings. The normalized spacial score (nSPS) is 29.6. The SMILES string of the molecule is C[C@H](NC(=O)[C@H](C)NC(=O)[C@@H](N)CCCCNCCC1(O)OC(CO)[C@H](O)[C@H](O)[C@H]1O)C(=O)O. The smallest absolute Gasteiger partial charge is 0.325 e. The van der Waals surface area contributed by atoms with E-state index in [4.69, 9.17) is 15.6 Å². The number of carboxylic acid groups (broad SMARTS) is 1. The van der Waals surface area contributed by atoms with Gasteiger partial charge in [-0.3, -0.25) is 14.4 Å². The molecule has 0 bridgehead atoms. The summed E-state index contributed by atoms with van der Waals surface area (Å²) in [6.07, 6.45) is -4.77. The Kier molecular flexibility index (Phi) is 12.3. The van der Waals surface area contributed by atoms with Gasteiger partial charge in [0.1, 0.15) is 36.5 Å². The summed E-state index contributed by atoms with van der Waals surface area (Å²) in [5, 5.41) is 65.7. The van der Waals surface area contributed by atoms with E-state index in [0.29, 0.717) is 25.8 Å². The van der Waals surface area contributed by atoms with E-state index in [-0.39, 0.29) is 13.0 Å². The van der Waals surface area contributed by atoms with Crippen LogP contribution >= 0.6 is 0 Å². The third-order valence-electron chi connectivity index (χ3n) is 5.65. The van der Waals surface area contributed by atoms with Crippen molar-refractivity contribution in [3.8, 4) is 0 Å². The summed E-state index contributed by atoms with van der Waals surface area (Å²) in [5.74, 6) is -4.51. The lowest BCUT2D eigenvalue weighted by atomic mass is 9.91. The van der Waals surface area contributed by atoms with Crippen molar-refractivity contribution in [1.82, 2.24) is 16.0 Å². The van der Waals surface area contributed by atoms with Gasteiger partial charge in [-0.2, -0.15) is 0 Å². The number of carboxylic acids is 1. The van der Waals surface area contributed by atoms with Crippen LogP contribution in [-0.4, -0.2) is 116 Å². The van der Waals surface area contributed by atoms with Crippen molar-refractivity contribution in [3.05, 3.63) is 0 Å². The number of carbonyl (C=O) groups is 3. The fraction of sp³-hybridized carbons (Fsp3) is 0.850. The fourth-order valence-corrected chi connectivity index (χ4v) is 3.35. The van der Waals surface area contributed by atoms with Crippen molar-refractivity contribution in [1.29, 1.82) is 0 Å². The summed E-state index contributed by atoms with van der Waals surface area (Å²) in [7, 11) is 0. The van der Waals surface area contributed by atoms with Crippen molar-refractivity contribution in [2.24, 2.45) is 5.73 Å². The second-order valence-electron chi connectivity index (χ2n) is 8.51. The lowest BCUT2D eigenvalue weighted by Crippen LogP contribution is -2.65. The van der Waals surface area contributed by atoms with Crippen molar-refractivity contribution < 1.29 is 49.8 Å². The van der Waals surface area contributed by atoms with E-state index in [1.54, 1.807) is 0 Å². The first-order valence-corrected chi connectivity index (χ1v) is 11.2. The second-order valence-corrected chi connectivity index (χ2v) is 8.51. The Hall–Kier alpha value is -1.91. The molecule has 0 saturated carbocycles. The minimum absolute atomic E-state index is 0.114. The molecular weight excluding hydrogens is 456 g/mol. The van der Waals surface area contributed by atoms with Crippen molar-refractivity contribution >= 4 is 17.8 Å². The number of hydrogen-bond acceptors (Lipinski definition) is 11. The van der Waals surface area contributed by atoms with Gasteiger partial charge in [0.25, 0.3) is 0 Å². The van der Waals surface area contributed by atoms with Crippen LogP contribution in [0.5, 0.6) is 0 Å². The predicted molar refractivity (Wildman–Crippen MR) is 117 cm³/mol. The summed E-state index contributed by atoms with van der Waals surface area (Å²) in [5.41, 5.74) is 5.84. The molecule has 2 amide bonds. The number of amides is 2. The van der Waals surface area contributed by atoms with Gasteiger partial charge in [0.2, 0.25) is 11.8 Å². The molecule has 1 aliphatic rings. The molecule has 11 N–H and O–H groups in total. The zero-order chi connectivity index (χ0) is 26.1. The third-order valence-corrected chi connectivity index (χ3v) is 5.65. The first-order valence-electron chi connectivity index (χ1n) is 11.2. The predicted octanol–water partition coefficient (Wildman–Crippen LogP) is -4.28. The number of rotatable bonds is 14. The average molecular weight is 495 g/mol. The molecule has 1 rings (SSSR count). The van der Waals surface area contributed by atoms with E-state index >= 15 is 0 Å². The lowest BCUT2D eigenvalue weighted by molar-refractivity contribution is -0.350. The third kappa shape index (κ3) is 8.70. The van der Waals surface area contributed by atoms with Gasteiger partial charge in [-0.05, 0) is 33.2 Å². The molecule has 0 aromatic heterocycles. The number of nitrogens with two attached hydrogens (primary N) is 1. The molecule has 0 spiro atoms. The number of aliphatic hydroxyl groups excluding tert-OH is 4. The highest BCUT2D eigenvalue weighted by Crippen LogP contribution is 2.30. The Morgan fingerprint density at radius 2 is 1.62 bits per heavy atom. The molecule has 0 radical (unpaired) electrons. The molecule has 14 heteroatoms. The minimum atomic E-state index is -2.13. The Morgan fingerprint density at radius 1 is 1.00 bits per heavy atom. The standard InChI is InChI=1S/C20H38N4O10/c1-10(17(29)24-11(2)19(31)32)23-18(30)12(21)5-3-4-7-22-8-6-20(33)16(28)15(27)14(26)13(9-25)34-20/h10-16,22,25-28,33H,3-9,21H2,1-2H3,(H,23,30)(H,24,29)(H,31,32)/t10-,11-,12-,13?,14-,15-,16+,20?/m0/s1. The topological polar surface area (TPSA) is 244 Å². The molecule has 198 valence electrons. The fourth-order valence-electron chi connectivity index (χ4n) is 3.35. The number of aliphatic carboxylic acids is 1. The maximum atomic E-state index is 12.1. The van der Waals surface area contributed by atoms with Gasteiger partial charge >= 0.3 is 5.97 Å². The number of hydrogen-bond donors (Lipinski definition) is 10. The van der Waals surface area contributed by atoms with E-state index in [1.807, 2.05) is 0 Å². The molecule has 2 unspecified atom stereocenters. The zero-order valence-electron chi connectivity index (χ0n) is 19.4. The maximum absolute atomic E-state index is 12.1. The quantitative estimate of drug-likeness (QED) is 0.103. The van der Waals surface area contributed by atoms with Gasteiger partial charge in [0.05, 0.1) is 12.6 Å². The van der Waals surface area contributed by atoms with E-state index < -0.39 is 72.7 Å². The molecule has 0 aromatic rings. The highest BCUT2D eigenvalue weighted by Gasteiger charge is 2.52. The van der Waals surface area contributed by atoms with Crippen molar-refractivity contribution in [2.75, 3.05) is 19.7 Å². The van der Waals surface area contributed by atoms with E-state index in [1.165, 1.54) is 13.8 Å².